The van der Waals surface area contributed by atoms with Gasteiger partial charge in [0.15, 0.2) is 0 Å². The Morgan fingerprint density at radius 3 is 2.74 bits per heavy atom. The molecule has 1 N–H and O–H groups in total. The highest BCUT2D eigenvalue weighted by Crippen LogP contribution is 2.46. The lowest BCUT2D eigenvalue weighted by Gasteiger charge is -2.34. The van der Waals surface area contributed by atoms with Gasteiger partial charge >= 0.3 is 0 Å². The molecule has 102 valence electrons. The number of hydrogen-bond acceptors (Lipinski definition) is 2. The van der Waals surface area contributed by atoms with Crippen LogP contribution in [0.3, 0.4) is 0 Å². The maximum atomic E-state index is 10.4. The molecule has 0 radical (unpaired) electrons. The molecule has 19 heavy (non-hydrogen) atoms. The third-order valence-corrected chi connectivity index (χ3v) is 5.20. The van der Waals surface area contributed by atoms with Crippen molar-refractivity contribution in [3.63, 3.8) is 0 Å². The molecule has 2 rings (SSSR count). The first-order valence-corrected chi connectivity index (χ1v) is 8.55. The van der Waals surface area contributed by atoms with Crippen LogP contribution in [0.25, 0.3) is 0 Å². The Morgan fingerprint density at radius 1 is 1.26 bits per heavy atom. The molecule has 0 spiro atoms. The maximum absolute atomic E-state index is 10.4. The van der Waals surface area contributed by atoms with Crippen LogP contribution in [-0.4, -0.2) is 15.2 Å². The zero-order chi connectivity index (χ0) is 13.6. The Labute approximate surface area is 127 Å². The van der Waals surface area contributed by atoms with Crippen LogP contribution < -0.4 is 0 Å². The summed E-state index contributed by atoms with van der Waals surface area (Å²) in [7, 11) is 0. The highest BCUT2D eigenvalue weighted by Gasteiger charge is 2.36. The van der Waals surface area contributed by atoms with Crippen LogP contribution >= 0.6 is 27.7 Å². The zero-order valence-electron chi connectivity index (χ0n) is 10.9. The number of halogens is 1. The van der Waals surface area contributed by atoms with Gasteiger partial charge in [-0.15, -0.1) is 11.8 Å². The number of thioether (sulfide) groups is 1. The minimum absolute atomic E-state index is 0.182. The van der Waals surface area contributed by atoms with Crippen molar-refractivity contribution in [2.24, 2.45) is 0 Å². The fourth-order valence-electron chi connectivity index (χ4n) is 2.34. The van der Waals surface area contributed by atoms with Gasteiger partial charge in [-0.25, -0.2) is 0 Å². The Kier molecular flexibility index (Phi) is 5.59. The van der Waals surface area contributed by atoms with Crippen molar-refractivity contribution < 1.29 is 5.11 Å². The first kappa shape index (κ1) is 14.7. The van der Waals surface area contributed by atoms with Crippen LogP contribution in [0, 0.1) is 0 Å². The summed E-state index contributed by atoms with van der Waals surface area (Å²) in [6.45, 7) is 0. The molecular weight excluding hydrogens is 320 g/mol. The summed E-state index contributed by atoms with van der Waals surface area (Å²) in [5.74, 6) is 0.548. The second kappa shape index (κ2) is 7.20. The largest absolute Gasteiger partial charge is 0.511 e. The van der Waals surface area contributed by atoms with E-state index in [0.29, 0.717) is 5.76 Å². The molecule has 1 aliphatic rings. The number of aliphatic hydroxyl groups excluding tert-OH is 1. The summed E-state index contributed by atoms with van der Waals surface area (Å²) < 4.78 is -0.182. The summed E-state index contributed by atoms with van der Waals surface area (Å²) in [6, 6.07) is 10.4. The molecular formula is C16H19BrOS. The number of aliphatic hydroxyl groups is 1. The number of alkyl halides is 1. The molecule has 3 heteroatoms. The molecule has 0 aromatic heterocycles. The quantitative estimate of drug-likeness (QED) is 0.566. The van der Waals surface area contributed by atoms with Crippen LogP contribution in [-0.2, 0) is 0 Å². The Balaban J connectivity index is 2.21. The second-order valence-electron chi connectivity index (χ2n) is 4.72. The average Bonchev–Trinajstić information content (AvgIpc) is 2.44. The highest BCUT2D eigenvalue weighted by atomic mass is 79.9. The fourth-order valence-corrected chi connectivity index (χ4v) is 3.97. The average molecular weight is 339 g/mol. The van der Waals surface area contributed by atoms with Crippen molar-refractivity contribution in [1.82, 2.24) is 0 Å². The van der Waals surface area contributed by atoms with Crippen molar-refractivity contribution in [3.05, 3.63) is 54.3 Å². The third-order valence-electron chi connectivity index (χ3n) is 3.35. The van der Waals surface area contributed by atoms with E-state index in [0.717, 1.165) is 31.0 Å². The van der Waals surface area contributed by atoms with Crippen molar-refractivity contribution in [2.45, 2.75) is 35.3 Å². The molecule has 1 nitrogen and oxygen atoms in total. The van der Waals surface area contributed by atoms with Crippen LogP contribution in [0.1, 0.15) is 25.7 Å². The summed E-state index contributed by atoms with van der Waals surface area (Å²) in [4.78, 5) is 1.22. The molecule has 0 fully saturated rings. The summed E-state index contributed by atoms with van der Waals surface area (Å²) >= 11 is 5.19. The first-order valence-electron chi connectivity index (χ1n) is 6.61. The summed E-state index contributed by atoms with van der Waals surface area (Å²) in [5, 5.41) is 11.2. The Bertz CT molecular complexity index is 455. The molecule has 1 unspecified atom stereocenters. The lowest BCUT2D eigenvalue weighted by molar-refractivity contribution is 0.322. The van der Waals surface area contributed by atoms with Crippen LogP contribution in [0.5, 0.6) is 0 Å². The minimum Gasteiger partial charge on any atom is -0.511 e. The number of hydrogen-bond donors (Lipinski definition) is 1. The predicted octanol–water partition coefficient (Wildman–Crippen LogP) is 5.48. The lowest BCUT2D eigenvalue weighted by atomic mass is 9.90. The molecule has 0 amide bonds. The van der Waals surface area contributed by atoms with Crippen LogP contribution in [0.2, 0.25) is 0 Å². The van der Waals surface area contributed by atoms with Gasteiger partial charge in [-0.05, 0) is 43.9 Å². The van der Waals surface area contributed by atoms with Crippen LogP contribution in [0.15, 0.2) is 59.2 Å². The Morgan fingerprint density at radius 2 is 2.05 bits per heavy atom. The van der Waals surface area contributed by atoms with Gasteiger partial charge in [0, 0.05) is 10.2 Å². The molecule has 1 aromatic carbocycles. The van der Waals surface area contributed by atoms with E-state index >= 15 is 0 Å². The van der Waals surface area contributed by atoms with Gasteiger partial charge in [0.05, 0.1) is 4.75 Å². The van der Waals surface area contributed by atoms with Gasteiger partial charge in [0.1, 0.15) is 5.76 Å². The van der Waals surface area contributed by atoms with E-state index in [9.17, 15) is 5.11 Å². The molecule has 0 heterocycles. The smallest absolute Gasteiger partial charge is 0.105 e. The van der Waals surface area contributed by atoms with E-state index < -0.39 is 0 Å². The topological polar surface area (TPSA) is 20.2 Å². The standard InChI is InChI=1S/C16H19BrOS/c17-13-7-6-12-16(11-5-4-10-15(16)18)19-14-8-2-1-3-9-14/h1-3,6-10,18H,4-5,11-13H2/b7-6+. The zero-order valence-corrected chi connectivity index (χ0v) is 13.3. The maximum Gasteiger partial charge on any atom is 0.105 e. The molecule has 0 saturated heterocycles. The van der Waals surface area contributed by atoms with E-state index in [4.69, 9.17) is 0 Å². The van der Waals surface area contributed by atoms with Gasteiger partial charge in [-0.2, -0.15) is 0 Å². The number of allylic oxidation sites excluding steroid dienone is 3. The normalized spacial score (nSPS) is 23.5. The van der Waals surface area contributed by atoms with Crippen molar-refractivity contribution in [3.8, 4) is 0 Å². The van der Waals surface area contributed by atoms with Gasteiger partial charge in [0.2, 0.25) is 0 Å². The molecule has 0 saturated carbocycles. The van der Waals surface area contributed by atoms with E-state index in [1.807, 2.05) is 24.3 Å². The third kappa shape index (κ3) is 3.90. The molecule has 1 aromatic rings. The molecule has 0 bridgehead atoms. The van der Waals surface area contributed by atoms with Gasteiger partial charge in [-0.1, -0.05) is 46.3 Å². The second-order valence-corrected chi connectivity index (χ2v) is 6.83. The van der Waals surface area contributed by atoms with E-state index in [1.165, 1.54) is 4.90 Å². The van der Waals surface area contributed by atoms with E-state index in [-0.39, 0.29) is 4.75 Å². The molecule has 1 atom stereocenters. The monoisotopic (exact) mass is 338 g/mol. The molecule has 0 aliphatic heterocycles. The fraction of sp³-hybridized carbons (Fsp3) is 0.375. The SMILES string of the molecule is OC1=CCCCC1(C/C=C/CBr)Sc1ccccc1. The van der Waals surface area contributed by atoms with E-state index in [1.54, 1.807) is 11.8 Å². The molecule has 1 aliphatic carbocycles. The Hall–Kier alpha value is -0.670. The summed E-state index contributed by atoms with van der Waals surface area (Å²) in [5.41, 5.74) is 0. The van der Waals surface area contributed by atoms with Crippen molar-refractivity contribution in [1.29, 1.82) is 0 Å². The van der Waals surface area contributed by atoms with Gasteiger partial charge < -0.3 is 5.11 Å². The number of benzene rings is 1. The first-order chi connectivity index (χ1) is 9.27. The van der Waals surface area contributed by atoms with Gasteiger partial charge in [0.25, 0.3) is 0 Å². The van der Waals surface area contributed by atoms with Crippen molar-refractivity contribution in [2.75, 3.05) is 5.33 Å². The predicted molar refractivity (Wildman–Crippen MR) is 87.1 cm³/mol. The highest BCUT2D eigenvalue weighted by molar-refractivity contribution is 9.09. The van der Waals surface area contributed by atoms with Crippen molar-refractivity contribution >= 4 is 27.7 Å². The van der Waals surface area contributed by atoms with E-state index in [2.05, 4.69) is 40.2 Å². The number of rotatable bonds is 5. The minimum atomic E-state index is -0.182. The van der Waals surface area contributed by atoms with Crippen LogP contribution in [0.4, 0.5) is 0 Å². The van der Waals surface area contributed by atoms with Gasteiger partial charge in [-0.3, -0.25) is 0 Å². The summed E-state index contributed by atoms with van der Waals surface area (Å²) in [6.07, 6.45) is 10.3. The lowest BCUT2D eigenvalue weighted by Crippen LogP contribution is -2.29.